The average molecular weight is 977 g/mol. The van der Waals surface area contributed by atoms with Crippen LogP contribution < -0.4 is 20.2 Å². The van der Waals surface area contributed by atoms with Crippen LogP contribution in [0.2, 0.25) is 39.3 Å². The van der Waals surface area contributed by atoms with Gasteiger partial charge in [0.15, 0.2) is 5.58 Å². The molecule has 1 aliphatic carbocycles. The highest BCUT2D eigenvalue weighted by atomic mass is 28.3. The van der Waals surface area contributed by atoms with Gasteiger partial charge in [0.1, 0.15) is 16.7 Å². The first-order valence-electron chi connectivity index (χ1n) is 25.5. The number of benzene rings is 10. The Hall–Kier alpha value is -8.17. The maximum absolute atomic E-state index is 7.22. The number of rotatable bonds is 10. The van der Waals surface area contributed by atoms with Gasteiger partial charge in [-0.25, -0.2) is 0 Å². The average Bonchev–Trinajstić information content (AvgIpc) is 4.08. The van der Waals surface area contributed by atoms with E-state index < -0.39 is 21.6 Å². The van der Waals surface area contributed by atoms with E-state index in [0.717, 1.165) is 78.0 Å². The van der Waals surface area contributed by atoms with E-state index in [2.05, 4.69) is 274 Å². The van der Waals surface area contributed by atoms with Crippen molar-refractivity contribution in [1.29, 1.82) is 0 Å². The summed E-state index contributed by atoms with van der Waals surface area (Å²) in [4.78, 5) is 4.83. The Balaban J connectivity index is 1.13. The van der Waals surface area contributed by atoms with Crippen LogP contribution >= 0.6 is 0 Å². The maximum Gasteiger partial charge on any atom is 0.160 e. The summed E-state index contributed by atoms with van der Waals surface area (Å²) in [5.74, 6) is 0. The minimum atomic E-state index is -1.60. The van der Waals surface area contributed by atoms with Crippen LogP contribution in [-0.2, 0) is 5.41 Å². The molecule has 0 aliphatic heterocycles. The molecule has 2 heterocycles. The van der Waals surface area contributed by atoms with Crippen LogP contribution in [0, 0.1) is 0 Å². The standard InChI is InChI=1S/C67H56N2O2Si2/c1-72(2,3)52-36-30-48(31-37-52)68(51-34-40-55-54-26-16-18-28-61(54)70-63(55)43-51)50-35-41-56-58(42-50)67(45-20-10-7-11-21-45,46-22-12-8-13-23-46)59-44-60(66-65(64(56)59)57-27-17-19-29-62(57)71-66)69(47-24-14-9-15-25-47)49-32-38-53(39-33-49)73(4,5)6/h7-44H,1-6H3. The molecule has 12 aromatic rings. The molecule has 0 atom stereocenters. The molecular weight excluding hydrogens is 921 g/mol. The summed E-state index contributed by atoms with van der Waals surface area (Å²) in [7, 11) is -3.19. The Labute approximate surface area is 429 Å². The number of hydrogen-bond donors (Lipinski definition) is 0. The van der Waals surface area contributed by atoms with E-state index in [9.17, 15) is 0 Å². The number of anilines is 6. The molecule has 0 saturated carbocycles. The highest BCUT2D eigenvalue weighted by Crippen LogP contribution is 2.62. The molecule has 354 valence electrons. The molecule has 0 fully saturated rings. The second kappa shape index (κ2) is 17.0. The normalized spacial score (nSPS) is 13.2. The van der Waals surface area contributed by atoms with Crippen molar-refractivity contribution in [2.24, 2.45) is 0 Å². The van der Waals surface area contributed by atoms with Gasteiger partial charge in [-0.15, -0.1) is 0 Å². The Morgan fingerprint density at radius 1 is 0.356 bits per heavy atom. The molecule has 0 amide bonds. The summed E-state index contributed by atoms with van der Waals surface area (Å²) in [6.45, 7) is 14.5. The third-order valence-corrected chi connectivity index (χ3v) is 19.4. The molecule has 0 radical (unpaired) electrons. The van der Waals surface area contributed by atoms with Gasteiger partial charge in [0.25, 0.3) is 0 Å². The van der Waals surface area contributed by atoms with Crippen molar-refractivity contribution >= 4 is 105 Å². The van der Waals surface area contributed by atoms with Gasteiger partial charge in [0, 0.05) is 56.0 Å². The molecule has 0 saturated heterocycles. The summed E-state index contributed by atoms with van der Waals surface area (Å²) >= 11 is 0. The van der Waals surface area contributed by atoms with Gasteiger partial charge < -0.3 is 18.6 Å². The van der Waals surface area contributed by atoms with Gasteiger partial charge in [-0.05, 0) is 112 Å². The molecule has 0 bridgehead atoms. The van der Waals surface area contributed by atoms with Gasteiger partial charge in [0.05, 0.1) is 27.3 Å². The minimum absolute atomic E-state index is 0.759. The summed E-state index contributed by atoms with van der Waals surface area (Å²) in [6.07, 6.45) is 0. The lowest BCUT2D eigenvalue weighted by molar-refractivity contribution is 0.668. The van der Waals surface area contributed by atoms with Gasteiger partial charge >= 0.3 is 0 Å². The lowest BCUT2D eigenvalue weighted by Crippen LogP contribution is -2.37. The van der Waals surface area contributed by atoms with Crippen molar-refractivity contribution in [3.63, 3.8) is 0 Å². The summed E-state index contributed by atoms with van der Waals surface area (Å²) in [6, 6.07) is 84.9. The monoisotopic (exact) mass is 976 g/mol. The zero-order valence-corrected chi connectivity index (χ0v) is 44.2. The lowest BCUT2D eigenvalue weighted by atomic mass is 9.67. The van der Waals surface area contributed by atoms with Crippen LogP contribution in [0.3, 0.4) is 0 Å². The highest BCUT2D eigenvalue weighted by Gasteiger charge is 2.48. The van der Waals surface area contributed by atoms with E-state index in [1.807, 2.05) is 6.07 Å². The van der Waals surface area contributed by atoms with E-state index in [1.165, 1.54) is 43.8 Å². The highest BCUT2D eigenvalue weighted by molar-refractivity contribution is 6.89. The zero-order valence-electron chi connectivity index (χ0n) is 42.2. The zero-order chi connectivity index (χ0) is 49.6. The fourth-order valence-corrected chi connectivity index (χ4v) is 14.0. The molecule has 13 rings (SSSR count). The molecule has 10 aromatic carbocycles. The van der Waals surface area contributed by atoms with Crippen molar-refractivity contribution in [3.05, 3.63) is 253 Å². The first kappa shape index (κ1) is 44.8. The molecule has 0 spiro atoms. The molecule has 4 nitrogen and oxygen atoms in total. The van der Waals surface area contributed by atoms with E-state index in [1.54, 1.807) is 0 Å². The molecular formula is C67H56N2O2Si2. The van der Waals surface area contributed by atoms with Gasteiger partial charge in [0.2, 0.25) is 0 Å². The second-order valence-electron chi connectivity index (χ2n) is 21.7. The SMILES string of the molecule is C[Si](C)(C)c1ccc(N(c2ccc3c(c2)C(c2ccccc2)(c2ccccc2)c2cc(N(c4ccccc4)c4ccc([Si](C)(C)C)cc4)c4oc5ccccc5c4c2-3)c2ccc3c(c2)oc2ccccc23)cc1. The third kappa shape index (κ3) is 7.22. The van der Waals surface area contributed by atoms with Crippen molar-refractivity contribution in [2.75, 3.05) is 9.80 Å². The topological polar surface area (TPSA) is 32.8 Å². The predicted octanol–water partition coefficient (Wildman–Crippen LogP) is 17.9. The van der Waals surface area contributed by atoms with Gasteiger partial charge in [-0.3, -0.25) is 0 Å². The third-order valence-electron chi connectivity index (χ3n) is 15.2. The van der Waals surface area contributed by atoms with Crippen LogP contribution in [0.5, 0.6) is 0 Å². The van der Waals surface area contributed by atoms with Gasteiger partial charge in [-0.1, -0.05) is 195 Å². The Bertz CT molecular complexity index is 4000. The quantitative estimate of drug-likeness (QED) is 0.128. The second-order valence-corrected chi connectivity index (χ2v) is 31.9. The largest absolute Gasteiger partial charge is 0.456 e. The fourth-order valence-electron chi connectivity index (χ4n) is 11.7. The smallest absolute Gasteiger partial charge is 0.160 e. The van der Waals surface area contributed by atoms with E-state index in [0.29, 0.717) is 0 Å². The number of nitrogens with zero attached hydrogens (tertiary/aromatic N) is 2. The maximum atomic E-state index is 7.22. The number of hydrogen-bond acceptors (Lipinski definition) is 4. The molecule has 6 heteroatoms. The lowest BCUT2D eigenvalue weighted by Gasteiger charge is -2.36. The van der Waals surface area contributed by atoms with Crippen molar-refractivity contribution in [1.82, 2.24) is 0 Å². The molecule has 73 heavy (non-hydrogen) atoms. The fraction of sp³-hybridized carbons (Fsp3) is 0.104. The van der Waals surface area contributed by atoms with E-state index in [4.69, 9.17) is 8.83 Å². The van der Waals surface area contributed by atoms with Crippen molar-refractivity contribution in [2.45, 2.75) is 44.7 Å². The minimum Gasteiger partial charge on any atom is -0.456 e. The number of fused-ring (bicyclic) bond motifs is 10. The van der Waals surface area contributed by atoms with Crippen LogP contribution in [0.4, 0.5) is 34.1 Å². The summed E-state index contributed by atoms with van der Waals surface area (Å²) in [5.41, 5.74) is 16.2. The molecule has 0 N–H and O–H groups in total. The molecule has 1 aliphatic rings. The van der Waals surface area contributed by atoms with Crippen molar-refractivity contribution < 1.29 is 8.83 Å². The first-order chi connectivity index (χ1) is 35.5. The van der Waals surface area contributed by atoms with Gasteiger partial charge in [-0.2, -0.15) is 0 Å². The molecule has 0 unspecified atom stereocenters. The Kier molecular flexibility index (Phi) is 10.4. The number of furan rings is 2. The first-order valence-corrected chi connectivity index (χ1v) is 32.5. The van der Waals surface area contributed by atoms with Crippen LogP contribution in [0.15, 0.2) is 239 Å². The van der Waals surface area contributed by atoms with E-state index >= 15 is 0 Å². The summed E-state index contributed by atoms with van der Waals surface area (Å²) in [5, 5.41) is 7.27. The summed E-state index contributed by atoms with van der Waals surface area (Å²) < 4.78 is 13.8. The molecule has 2 aromatic heterocycles. The van der Waals surface area contributed by atoms with Crippen LogP contribution in [0.25, 0.3) is 55.0 Å². The van der Waals surface area contributed by atoms with Crippen molar-refractivity contribution in [3.8, 4) is 11.1 Å². The van der Waals surface area contributed by atoms with E-state index in [-0.39, 0.29) is 0 Å². The van der Waals surface area contributed by atoms with Crippen LogP contribution in [0.1, 0.15) is 22.3 Å². The number of para-hydroxylation sites is 3. The predicted molar refractivity (Wildman–Crippen MR) is 314 cm³/mol. The Morgan fingerprint density at radius 3 is 1.42 bits per heavy atom. The Morgan fingerprint density at radius 2 is 0.822 bits per heavy atom. The van der Waals surface area contributed by atoms with Crippen LogP contribution in [-0.4, -0.2) is 16.1 Å².